The molecule has 0 radical (unpaired) electrons. The molecule has 2 unspecified atom stereocenters. The topological polar surface area (TPSA) is 84.9 Å². The first-order chi connectivity index (χ1) is 15.4. The van der Waals surface area contributed by atoms with Crippen molar-refractivity contribution < 1.29 is 24.2 Å². The van der Waals surface area contributed by atoms with Crippen molar-refractivity contribution in [1.29, 1.82) is 0 Å². The highest BCUT2D eigenvalue weighted by molar-refractivity contribution is 6.32. The van der Waals surface area contributed by atoms with Crippen LogP contribution in [0.4, 0.5) is 0 Å². The van der Waals surface area contributed by atoms with Gasteiger partial charge in [-0.1, -0.05) is 23.7 Å². The number of allylic oxidation sites excluding steroid dienone is 2. The number of Topliss-reactive ketones (excluding diaryl/α,β-unsaturated/α-hetero) is 1. The van der Waals surface area contributed by atoms with E-state index < -0.39 is 5.92 Å². The number of benzene rings is 2. The molecule has 1 aliphatic carbocycles. The van der Waals surface area contributed by atoms with Crippen LogP contribution in [0.25, 0.3) is 0 Å². The summed E-state index contributed by atoms with van der Waals surface area (Å²) in [5.41, 5.74) is 3.02. The molecule has 2 aliphatic rings. The molecule has 0 spiro atoms. The first-order valence-corrected chi connectivity index (χ1v) is 11.2. The number of amides is 1. The number of halogens is 1. The maximum absolute atomic E-state index is 13.3. The van der Waals surface area contributed by atoms with E-state index in [-0.39, 0.29) is 40.6 Å². The minimum atomic E-state index is -0.426. The number of nitrogens with one attached hydrogen (secondary N) is 1. The summed E-state index contributed by atoms with van der Waals surface area (Å²) in [5, 5.41) is 13.2. The van der Waals surface area contributed by atoms with Crippen molar-refractivity contribution >= 4 is 23.3 Å². The summed E-state index contributed by atoms with van der Waals surface area (Å²) in [6.07, 6.45) is 1.08. The van der Waals surface area contributed by atoms with Crippen molar-refractivity contribution in [2.75, 3.05) is 13.2 Å². The lowest BCUT2D eigenvalue weighted by Gasteiger charge is -2.34. The molecule has 2 aromatic rings. The van der Waals surface area contributed by atoms with Crippen molar-refractivity contribution in [3.05, 3.63) is 63.8 Å². The number of ketones is 1. The van der Waals surface area contributed by atoms with Gasteiger partial charge in [-0.2, -0.15) is 0 Å². The van der Waals surface area contributed by atoms with Gasteiger partial charge in [-0.25, -0.2) is 0 Å². The lowest BCUT2D eigenvalue weighted by molar-refractivity contribution is -0.122. The summed E-state index contributed by atoms with van der Waals surface area (Å²) in [6.45, 7) is 4.69. The third-order valence-electron chi connectivity index (χ3n) is 5.95. The summed E-state index contributed by atoms with van der Waals surface area (Å²) in [5.74, 6) is 0.325. The van der Waals surface area contributed by atoms with Crippen LogP contribution in [0, 0.1) is 0 Å². The number of phenols is 1. The smallest absolute Gasteiger partial charge is 0.225 e. The van der Waals surface area contributed by atoms with Crippen molar-refractivity contribution in [2.24, 2.45) is 0 Å². The van der Waals surface area contributed by atoms with Gasteiger partial charge < -0.3 is 19.9 Å². The lowest BCUT2D eigenvalue weighted by Crippen LogP contribution is -2.38. The molecule has 0 saturated heterocycles. The Balaban J connectivity index is 1.67. The van der Waals surface area contributed by atoms with Crippen LogP contribution in [-0.2, 0) is 9.59 Å². The average molecular weight is 456 g/mol. The van der Waals surface area contributed by atoms with Gasteiger partial charge in [0.1, 0.15) is 5.75 Å². The number of ether oxygens (including phenoxy) is 2. The summed E-state index contributed by atoms with van der Waals surface area (Å²) >= 11 is 6.22. The molecule has 6 nitrogen and oxygen atoms in total. The fourth-order valence-electron chi connectivity index (χ4n) is 4.54. The largest absolute Gasteiger partial charge is 0.503 e. The highest BCUT2D eigenvalue weighted by Gasteiger charge is 2.38. The molecule has 2 N–H and O–H groups in total. The molecule has 0 saturated carbocycles. The normalized spacial score (nSPS) is 20.6. The fourth-order valence-corrected chi connectivity index (χ4v) is 4.76. The number of rotatable bonds is 6. The van der Waals surface area contributed by atoms with Crippen LogP contribution in [-0.4, -0.2) is 30.0 Å². The number of phenolic OH excluding ortho intramolecular Hbond substituents is 1. The maximum atomic E-state index is 13.3. The Hall–Kier alpha value is -2.99. The molecule has 1 heterocycles. The van der Waals surface area contributed by atoms with E-state index in [9.17, 15) is 14.7 Å². The molecule has 1 amide bonds. The monoisotopic (exact) mass is 455 g/mol. The predicted octanol–water partition coefficient (Wildman–Crippen LogP) is 4.85. The highest BCUT2D eigenvalue weighted by atomic mass is 35.5. The van der Waals surface area contributed by atoms with Gasteiger partial charge in [-0.3, -0.25) is 9.59 Å². The van der Waals surface area contributed by atoms with Gasteiger partial charge in [-0.05, 0) is 61.6 Å². The van der Waals surface area contributed by atoms with Crippen LogP contribution in [0.3, 0.4) is 0 Å². The highest BCUT2D eigenvalue weighted by Crippen LogP contribution is 2.45. The van der Waals surface area contributed by atoms with Gasteiger partial charge in [0, 0.05) is 30.0 Å². The fraction of sp³-hybridized carbons (Fsp3) is 0.360. The quantitative estimate of drug-likeness (QED) is 0.650. The van der Waals surface area contributed by atoms with Gasteiger partial charge in [-0.15, -0.1) is 0 Å². The van der Waals surface area contributed by atoms with Gasteiger partial charge in [0.15, 0.2) is 17.3 Å². The number of aromatic hydroxyl groups is 1. The molecular weight excluding hydrogens is 430 g/mol. The third-order valence-corrected chi connectivity index (χ3v) is 6.24. The molecular formula is C25H26ClNO5. The summed E-state index contributed by atoms with van der Waals surface area (Å²) in [7, 11) is 0. The summed E-state index contributed by atoms with van der Waals surface area (Å²) in [6, 6.07) is 11.0. The molecule has 2 aromatic carbocycles. The van der Waals surface area contributed by atoms with Gasteiger partial charge >= 0.3 is 0 Å². The SMILES string of the molecule is CCOc1ccc(C2CC(=O)C3=C(C2)NC(=O)CC3c2cc(Cl)c(O)c(OCC)c2)cc1. The second-order valence-corrected chi connectivity index (χ2v) is 8.42. The number of hydrogen-bond donors (Lipinski definition) is 2. The maximum Gasteiger partial charge on any atom is 0.225 e. The zero-order chi connectivity index (χ0) is 22.8. The van der Waals surface area contributed by atoms with E-state index in [1.54, 1.807) is 19.1 Å². The summed E-state index contributed by atoms with van der Waals surface area (Å²) < 4.78 is 11.0. The van der Waals surface area contributed by atoms with Crippen LogP contribution >= 0.6 is 11.6 Å². The van der Waals surface area contributed by atoms with Crippen molar-refractivity contribution in [1.82, 2.24) is 5.32 Å². The van der Waals surface area contributed by atoms with E-state index in [1.807, 2.05) is 31.2 Å². The van der Waals surface area contributed by atoms with E-state index in [0.29, 0.717) is 42.9 Å². The Kier molecular flexibility index (Phi) is 6.42. The van der Waals surface area contributed by atoms with Gasteiger partial charge in [0.25, 0.3) is 0 Å². The minimum absolute atomic E-state index is 0.0114. The van der Waals surface area contributed by atoms with E-state index >= 15 is 0 Å². The Morgan fingerprint density at radius 1 is 1.00 bits per heavy atom. The first kappa shape index (κ1) is 22.2. The van der Waals surface area contributed by atoms with E-state index in [2.05, 4.69) is 5.32 Å². The third kappa shape index (κ3) is 4.32. The Labute approximate surface area is 192 Å². The molecule has 168 valence electrons. The molecule has 7 heteroatoms. The zero-order valence-corrected chi connectivity index (χ0v) is 18.9. The number of hydrogen-bond acceptors (Lipinski definition) is 5. The Bertz CT molecular complexity index is 1080. The number of carbonyl (C=O) groups is 2. The van der Waals surface area contributed by atoms with Gasteiger partial charge in [0.05, 0.1) is 18.2 Å². The van der Waals surface area contributed by atoms with E-state index in [1.165, 1.54) is 0 Å². The minimum Gasteiger partial charge on any atom is -0.503 e. The average Bonchev–Trinajstić information content (AvgIpc) is 2.76. The molecule has 4 rings (SSSR count). The zero-order valence-electron chi connectivity index (χ0n) is 18.1. The van der Waals surface area contributed by atoms with Crippen LogP contribution in [0.1, 0.15) is 56.1 Å². The molecule has 1 aliphatic heterocycles. The second kappa shape index (κ2) is 9.25. The first-order valence-electron chi connectivity index (χ1n) is 10.8. The molecule has 0 bridgehead atoms. The predicted molar refractivity (Wildman–Crippen MR) is 121 cm³/mol. The lowest BCUT2D eigenvalue weighted by atomic mass is 9.73. The van der Waals surface area contributed by atoms with Crippen LogP contribution in [0.2, 0.25) is 5.02 Å². The second-order valence-electron chi connectivity index (χ2n) is 8.01. The molecule has 0 aromatic heterocycles. The van der Waals surface area contributed by atoms with Crippen LogP contribution < -0.4 is 14.8 Å². The van der Waals surface area contributed by atoms with Crippen molar-refractivity contribution in [2.45, 2.75) is 44.9 Å². The van der Waals surface area contributed by atoms with Gasteiger partial charge in [0.2, 0.25) is 5.91 Å². The van der Waals surface area contributed by atoms with Crippen LogP contribution in [0.5, 0.6) is 17.2 Å². The van der Waals surface area contributed by atoms with Crippen LogP contribution in [0.15, 0.2) is 47.7 Å². The number of carbonyl (C=O) groups excluding carboxylic acids is 2. The Morgan fingerprint density at radius 3 is 2.41 bits per heavy atom. The van der Waals surface area contributed by atoms with E-state index in [4.69, 9.17) is 21.1 Å². The molecule has 2 atom stereocenters. The van der Waals surface area contributed by atoms with E-state index in [0.717, 1.165) is 11.3 Å². The molecule has 32 heavy (non-hydrogen) atoms. The molecule has 0 fully saturated rings. The summed E-state index contributed by atoms with van der Waals surface area (Å²) in [4.78, 5) is 25.8. The van der Waals surface area contributed by atoms with Crippen molar-refractivity contribution in [3.8, 4) is 17.2 Å². The Morgan fingerprint density at radius 2 is 1.72 bits per heavy atom. The standard InChI is InChI=1S/C25H26ClNO5/c1-3-31-17-7-5-14(6-8-17)15-10-20-24(21(28)11-15)18(13-23(29)27-20)16-9-19(26)25(30)22(12-16)32-4-2/h5-9,12,15,18,30H,3-4,10-11,13H2,1-2H3,(H,27,29). The van der Waals surface area contributed by atoms with Crippen molar-refractivity contribution in [3.63, 3.8) is 0 Å².